The molecule has 1 aliphatic rings. The van der Waals surface area contributed by atoms with Gasteiger partial charge in [0.25, 0.3) is 0 Å². The van der Waals surface area contributed by atoms with Gasteiger partial charge in [-0.15, -0.1) is 0 Å². The largest absolute Gasteiger partial charge is 0.325 e. The summed E-state index contributed by atoms with van der Waals surface area (Å²) in [4.78, 5) is 4.06. The molecule has 0 aliphatic carbocycles. The number of nitrogens with two attached hydrogens (primary N) is 1. The van der Waals surface area contributed by atoms with Gasteiger partial charge in [-0.3, -0.25) is 9.67 Å². The number of aromatic nitrogens is 3. The van der Waals surface area contributed by atoms with Crippen LogP contribution in [0, 0.1) is 0 Å². The average molecular weight is 228 g/mol. The molecule has 17 heavy (non-hydrogen) atoms. The molecule has 3 rings (SSSR count). The van der Waals surface area contributed by atoms with Crippen LogP contribution in [-0.2, 0) is 19.5 Å². The monoisotopic (exact) mass is 228 g/mol. The fourth-order valence-electron chi connectivity index (χ4n) is 2.54. The number of nitrogens with zero attached hydrogens (tertiary/aromatic N) is 3. The first kappa shape index (κ1) is 10.5. The second-order valence-electron chi connectivity index (χ2n) is 4.39. The van der Waals surface area contributed by atoms with Crippen LogP contribution in [0.1, 0.15) is 24.2 Å². The molecule has 4 heteroatoms. The number of pyridine rings is 1. The fraction of sp³-hybridized carbons (Fsp3) is 0.385. The topological polar surface area (TPSA) is 56.7 Å². The Hall–Kier alpha value is -1.68. The van der Waals surface area contributed by atoms with Crippen LogP contribution in [0.25, 0.3) is 11.1 Å². The summed E-state index contributed by atoms with van der Waals surface area (Å²) < 4.78 is 2.13. The third kappa shape index (κ3) is 1.74. The van der Waals surface area contributed by atoms with E-state index in [0.717, 1.165) is 18.7 Å². The number of fused-ring (bicyclic) bond motifs is 1. The maximum absolute atomic E-state index is 5.81. The standard InChI is InChI=1S/C13H16N4/c14-9-11-13(10-4-6-15-7-5-10)12-3-1-2-8-17(12)16-11/h4-7H,1-3,8-9,14H2. The molecule has 2 N–H and O–H groups in total. The molecular weight excluding hydrogens is 212 g/mol. The van der Waals surface area contributed by atoms with Crippen molar-refractivity contribution in [1.82, 2.24) is 14.8 Å². The highest BCUT2D eigenvalue weighted by Gasteiger charge is 2.20. The van der Waals surface area contributed by atoms with Crippen LogP contribution in [0.5, 0.6) is 0 Å². The first-order chi connectivity index (χ1) is 8.40. The van der Waals surface area contributed by atoms with Crippen LogP contribution in [0.4, 0.5) is 0 Å². The highest BCUT2D eigenvalue weighted by molar-refractivity contribution is 5.68. The van der Waals surface area contributed by atoms with Gasteiger partial charge >= 0.3 is 0 Å². The molecule has 0 radical (unpaired) electrons. The van der Waals surface area contributed by atoms with Crippen molar-refractivity contribution in [2.24, 2.45) is 5.73 Å². The molecule has 0 saturated carbocycles. The number of aryl methyl sites for hydroxylation is 1. The second kappa shape index (κ2) is 4.30. The molecule has 0 spiro atoms. The van der Waals surface area contributed by atoms with Crippen molar-refractivity contribution in [2.45, 2.75) is 32.4 Å². The zero-order valence-electron chi connectivity index (χ0n) is 9.76. The van der Waals surface area contributed by atoms with Crippen LogP contribution in [0.15, 0.2) is 24.5 Å². The Balaban J connectivity index is 2.17. The Morgan fingerprint density at radius 1 is 1.24 bits per heavy atom. The lowest BCUT2D eigenvalue weighted by Crippen LogP contribution is -2.11. The molecule has 3 heterocycles. The minimum absolute atomic E-state index is 0.498. The third-order valence-electron chi connectivity index (χ3n) is 3.33. The van der Waals surface area contributed by atoms with E-state index in [1.165, 1.54) is 29.7 Å². The number of hydrogen-bond donors (Lipinski definition) is 1. The molecule has 2 aromatic heterocycles. The summed E-state index contributed by atoms with van der Waals surface area (Å²) >= 11 is 0. The summed E-state index contributed by atoms with van der Waals surface area (Å²) in [6.07, 6.45) is 7.21. The fourth-order valence-corrected chi connectivity index (χ4v) is 2.54. The molecule has 0 fully saturated rings. The van der Waals surface area contributed by atoms with Gasteiger partial charge in [0.1, 0.15) is 0 Å². The van der Waals surface area contributed by atoms with E-state index >= 15 is 0 Å². The molecular formula is C13H16N4. The van der Waals surface area contributed by atoms with Gasteiger partial charge in [0.2, 0.25) is 0 Å². The molecule has 2 aromatic rings. The Labute approximate surface area is 100 Å². The maximum atomic E-state index is 5.81. The lowest BCUT2D eigenvalue weighted by Gasteiger charge is -2.14. The van der Waals surface area contributed by atoms with E-state index in [2.05, 4.69) is 14.8 Å². The van der Waals surface area contributed by atoms with Gasteiger partial charge in [-0.1, -0.05) is 0 Å². The maximum Gasteiger partial charge on any atom is 0.0841 e. The van der Waals surface area contributed by atoms with Crippen LogP contribution in [-0.4, -0.2) is 14.8 Å². The van der Waals surface area contributed by atoms with Crippen molar-refractivity contribution in [3.05, 3.63) is 35.9 Å². The van der Waals surface area contributed by atoms with Gasteiger partial charge in [0, 0.05) is 36.7 Å². The van der Waals surface area contributed by atoms with Gasteiger partial charge in [-0.05, 0) is 37.0 Å². The molecule has 0 atom stereocenters. The van der Waals surface area contributed by atoms with Crippen molar-refractivity contribution in [3.63, 3.8) is 0 Å². The van der Waals surface area contributed by atoms with E-state index in [-0.39, 0.29) is 0 Å². The summed E-state index contributed by atoms with van der Waals surface area (Å²) in [5, 5.41) is 4.62. The van der Waals surface area contributed by atoms with Crippen molar-refractivity contribution < 1.29 is 0 Å². The smallest absolute Gasteiger partial charge is 0.0841 e. The molecule has 1 aliphatic heterocycles. The van der Waals surface area contributed by atoms with E-state index in [1.807, 2.05) is 24.5 Å². The van der Waals surface area contributed by atoms with Gasteiger partial charge < -0.3 is 5.73 Å². The number of hydrogen-bond acceptors (Lipinski definition) is 3. The van der Waals surface area contributed by atoms with Gasteiger partial charge in [0.15, 0.2) is 0 Å². The van der Waals surface area contributed by atoms with E-state index in [1.54, 1.807) is 0 Å². The lowest BCUT2D eigenvalue weighted by atomic mass is 9.99. The second-order valence-corrected chi connectivity index (χ2v) is 4.39. The summed E-state index contributed by atoms with van der Waals surface area (Å²) in [6.45, 7) is 1.52. The SMILES string of the molecule is NCc1nn2c(c1-c1ccncc1)CCCC2. The first-order valence-corrected chi connectivity index (χ1v) is 6.09. The van der Waals surface area contributed by atoms with E-state index < -0.39 is 0 Å². The molecule has 0 bridgehead atoms. The van der Waals surface area contributed by atoms with Crippen LogP contribution in [0.2, 0.25) is 0 Å². The minimum Gasteiger partial charge on any atom is -0.325 e. The zero-order valence-corrected chi connectivity index (χ0v) is 9.76. The Morgan fingerprint density at radius 3 is 2.82 bits per heavy atom. The highest BCUT2D eigenvalue weighted by atomic mass is 15.3. The van der Waals surface area contributed by atoms with Gasteiger partial charge in [0.05, 0.1) is 5.69 Å². The van der Waals surface area contributed by atoms with E-state index in [0.29, 0.717) is 6.54 Å². The molecule has 4 nitrogen and oxygen atoms in total. The van der Waals surface area contributed by atoms with Crippen molar-refractivity contribution in [3.8, 4) is 11.1 Å². The van der Waals surface area contributed by atoms with Crippen molar-refractivity contribution in [1.29, 1.82) is 0 Å². The molecule has 88 valence electrons. The van der Waals surface area contributed by atoms with Crippen LogP contribution < -0.4 is 5.73 Å². The minimum atomic E-state index is 0.498. The van der Waals surface area contributed by atoms with Crippen molar-refractivity contribution >= 4 is 0 Å². The Bertz CT molecular complexity index is 516. The average Bonchev–Trinajstić information content (AvgIpc) is 2.78. The van der Waals surface area contributed by atoms with Gasteiger partial charge in [-0.2, -0.15) is 5.10 Å². The first-order valence-electron chi connectivity index (χ1n) is 6.09. The van der Waals surface area contributed by atoms with E-state index in [9.17, 15) is 0 Å². The number of rotatable bonds is 2. The Kier molecular flexibility index (Phi) is 2.65. The van der Waals surface area contributed by atoms with Crippen LogP contribution in [0.3, 0.4) is 0 Å². The third-order valence-corrected chi connectivity index (χ3v) is 3.33. The molecule has 0 amide bonds. The predicted octanol–water partition coefficient (Wildman–Crippen LogP) is 1.74. The predicted molar refractivity (Wildman–Crippen MR) is 66.3 cm³/mol. The van der Waals surface area contributed by atoms with Crippen molar-refractivity contribution in [2.75, 3.05) is 0 Å². The van der Waals surface area contributed by atoms with Gasteiger partial charge in [-0.25, -0.2) is 0 Å². The van der Waals surface area contributed by atoms with Crippen LogP contribution >= 0.6 is 0 Å². The summed E-state index contributed by atoms with van der Waals surface area (Å²) in [5.41, 5.74) is 10.6. The molecule has 0 aromatic carbocycles. The quantitative estimate of drug-likeness (QED) is 0.851. The normalized spacial score (nSPS) is 14.6. The summed E-state index contributed by atoms with van der Waals surface area (Å²) in [6, 6.07) is 4.07. The summed E-state index contributed by atoms with van der Waals surface area (Å²) in [5.74, 6) is 0. The highest BCUT2D eigenvalue weighted by Crippen LogP contribution is 2.30. The summed E-state index contributed by atoms with van der Waals surface area (Å²) in [7, 11) is 0. The zero-order chi connectivity index (χ0) is 11.7. The lowest BCUT2D eigenvalue weighted by molar-refractivity contribution is 0.484. The van der Waals surface area contributed by atoms with E-state index in [4.69, 9.17) is 5.73 Å². The Morgan fingerprint density at radius 2 is 2.06 bits per heavy atom. The molecule has 0 unspecified atom stereocenters. The molecule has 0 saturated heterocycles.